The van der Waals surface area contributed by atoms with Crippen molar-refractivity contribution < 1.29 is 0 Å². The van der Waals surface area contributed by atoms with Gasteiger partial charge in [0.2, 0.25) is 0 Å². The molecule has 0 radical (unpaired) electrons. The summed E-state index contributed by atoms with van der Waals surface area (Å²) in [5, 5.41) is 14.0. The minimum Gasteiger partial charge on any atom is -0.300 e. The van der Waals surface area contributed by atoms with Gasteiger partial charge in [0.25, 0.3) is 0 Å². The van der Waals surface area contributed by atoms with Crippen molar-refractivity contribution in [3.05, 3.63) is 18.6 Å². The second kappa shape index (κ2) is 5.48. The summed E-state index contributed by atoms with van der Waals surface area (Å²) in [6.45, 7) is 2.89. The molecule has 1 fully saturated rings. The summed E-state index contributed by atoms with van der Waals surface area (Å²) >= 11 is 1.73. The quantitative estimate of drug-likeness (QED) is 0.883. The first kappa shape index (κ1) is 12.3. The first-order valence-electron chi connectivity index (χ1n) is 5.87. The summed E-state index contributed by atoms with van der Waals surface area (Å²) < 4.78 is 0. The number of thioether (sulfide) groups is 1. The third-order valence-electron chi connectivity index (χ3n) is 3.03. The monoisotopic (exact) mass is 248 g/mol. The molecule has 4 nitrogen and oxygen atoms in total. The molecule has 90 valence electrons. The van der Waals surface area contributed by atoms with Crippen LogP contribution in [0.2, 0.25) is 0 Å². The van der Waals surface area contributed by atoms with Crippen LogP contribution in [0.1, 0.15) is 26.2 Å². The van der Waals surface area contributed by atoms with E-state index in [1.54, 1.807) is 30.4 Å². The molecule has 0 spiro atoms. The first-order valence-corrected chi connectivity index (χ1v) is 6.75. The molecule has 1 aromatic rings. The normalized spacial score (nSPS) is 27.9. The lowest BCUT2D eigenvalue weighted by atomic mass is 10.0. The highest BCUT2D eigenvalue weighted by molar-refractivity contribution is 7.99. The molecular weight excluding hydrogens is 232 g/mol. The van der Waals surface area contributed by atoms with Gasteiger partial charge < -0.3 is 0 Å². The van der Waals surface area contributed by atoms with Crippen LogP contribution >= 0.6 is 11.8 Å². The lowest BCUT2D eigenvalue weighted by Crippen LogP contribution is -2.41. The second-order valence-corrected chi connectivity index (χ2v) is 5.57. The highest BCUT2D eigenvalue weighted by Gasteiger charge is 2.39. The smallest absolute Gasteiger partial charge is 0.115 e. The van der Waals surface area contributed by atoms with E-state index in [4.69, 9.17) is 0 Å². The molecule has 0 aliphatic heterocycles. The third kappa shape index (κ3) is 2.96. The number of nitriles is 1. The lowest BCUT2D eigenvalue weighted by Gasteiger charge is -2.21. The predicted octanol–water partition coefficient (Wildman–Crippen LogP) is 1.99. The van der Waals surface area contributed by atoms with Gasteiger partial charge in [0.05, 0.1) is 12.3 Å². The fourth-order valence-corrected chi connectivity index (χ4v) is 3.45. The van der Waals surface area contributed by atoms with Gasteiger partial charge in [-0.1, -0.05) is 6.92 Å². The molecule has 5 heteroatoms. The molecule has 0 amide bonds. The average molecular weight is 248 g/mol. The number of nitrogens with one attached hydrogen (secondary N) is 1. The van der Waals surface area contributed by atoms with Crippen molar-refractivity contribution in [1.29, 1.82) is 5.26 Å². The van der Waals surface area contributed by atoms with Crippen molar-refractivity contribution in [2.45, 2.75) is 42.0 Å². The Balaban J connectivity index is 1.96. The number of hydrogen-bond acceptors (Lipinski definition) is 5. The highest BCUT2D eigenvalue weighted by Crippen LogP contribution is 2.39. The molecule has 2 atom stereocenters. The average Bonchev–Trinajstić information content (AvgIpc) is 2.75. The van der Waals surface area contributed by atoms with Gasteiger partial charge in [0.1, 0.15) is 10.6 Å². The Kier molecular flexibility index (Phi) is 3.97. The minimum atomic E-state index is -0.325. The molecule has 2 unspecified atom stereocenters. The Labute approximate surface area is 106 Å². The van der Waals surface area contributed by atoms with Gasteiger partial charge in [-0.3, -0.25) is 10.3 Å². The topological polar surface area (TPSA) is 61.6 Å². The lowest BCUT2D eigenvalue weighted by molar-refractivity contribution is 0.436. The molecular formula is C12H16N4S. The van der Waals surface area contributed by atoms with Crippen molar-refractivity contribution in [2.24, 2.45) is 0 Å². The van der Waals surface area contributed by atoms with Gasteiger partial charge in [-0.2, -0.15) is 5.26 Å². The molecule has 1 heterocycles. The molecule has 2 rings (SSSR count). The summed E-state index contributed by atoms with van der Waals surface area (Å²) in [6, 6.07) is 2.43. The van der Waals surface area contributed by atoms with Gasteiger partial charge in [-0.15, -0.1) is 11.8 Å². The van der Waals surface area contributed by atoms with Crippen molar-refractivity contribution in [1.82, 2.24) is 15.3 Å². The van der Waals surface area contributed by atoms with Crippen molar-refractivity contribution >= 4 is 11.8 Å². The largest absolute Gasteiger partial charge is 0.300 e. The zero-order chi connectivity index (χ0) is 12.1. The molecule has 0 bridgehead atoms. The Morgan fingerprint density at radius 2 is 2.53 bits per heavy atom. The van der Waals surface area contributed by atoms with E-state index in [2.05, 4.69) is 21.4 Å². The SMILES string of the molecule is CCNC1(C#N)CCC(Sc2cnccn2)C1. The predicted molar refractivity (Wildman–Crippen MR) is 67.5 cm³/mol. The third-order valence-corrected chi connectivity index (χ3v) is 4.21. The Morgan fingerprint density at radius 3 is 3.18 bits per heavy atom. The molecule has 1 aromatic heterocycles. The maximum atomic E-state index is 9.28. The highest BCUT2D eigenvalue weighted by atomic mass is 32.2. The van der Waals surface area contributed by atoms with Crippen LogP contribution in [0.5, 0.6) is 0 Å². The van der Waals surface area contributed by atoms with E-state index in [-0.39, 0.29) is 5.54 Å². The number of hydrogen-bond donors (Lipinski definition) is 1. The van der Waals surface area contributed by atoms with Gasteiger partial charge in [0, 0.05) is 17.6 Å². The van der Waals surface area contributed by atoms with E-state index in [9.17, 15) is 5.26 Å². The fourth-order valence-electron chi connectivity index (χ4n) is 2.26. The van der Waals surface area contributed by atoms with Crippen LogP contribution in [-0.2, 0) is 0 Å². The van der Waals surface area contributed by atoms with Crippen LogP contribution in [-0.4, -0.2) is 27.3 Å². The van der Waals surface area contributed by atoms with Gasteiger partial charge in [-0.25, -0.2) is 4.98 Å². The van der Waals surface area contributed by atoms with Gasteiger partial charge in [0.15, 0.2) is 0 Å². The van der Waals surface area contributed by atoms with Crippen LogP contribution < -0.4 is 5.32 Å². The molecule has 1 aliphatic rings. The maximum absolute atomic E-state index is 9.28. The first-order chi connectivity index (χ1) is 8.28. The molecule has 17 heavy (non-hydrogen) atoms. The fraction of sp³-hybridized carbons (Fsp3) is 0.583. The summed E-state index contributed by atoms with van der Waals surface area (Å²) in [7, 11) is 0. The standard InChI is InChI=1S/C12H16N4S/c1-2-16-12(9-13)4-3-10(7-12)17-11-8-14-5-6-15-11/h5-6,8,10,16H,2-4,7H2,1H3. The molecule has 1 N–H and O–H groups in total. The Bertz CT molecular complexity index is 403. The van der Waals surface area contributed by atoms with E-state index < -0.39 is 0 Å². The molecule has 0 saturated heterocycles. The zero-order valence-corrected chi connectivity index (χ0v) is 10.7. The van der Waals surface area contributed by atoms with Crippen molar-refractivity contribution in [3.8, 4) is 6.07 Å². The summed E-state index contributed by atoms with van der Waals surface area (Å²) in [5.41, 5.74) is -0.325. The van der Waals surface area contributed by atoms with Crippen LogP contribution in [0.4, 0.5) is 0 Å². The summed E-state index contributed by atoms with van der Waals surface area (Å²) in [4.78, 5) is 8.31. The van der Waals surface area contributed by atoms with Crippen molar-refractivity contribution in [2.75, 3.05) is 6.54 Å². The summed E-state index contributed by atoms with van der Waals surface area (Å²) in [5.74, 6) is 0. The number of rotatable bonds is 4. The van der Waals surface area contributed by atoms with E-state index in [1.165, 1.54) is 0 Å². The second-order valence-electron chi connectivity index (χ2n) is 4.25. The summed E-state index contributed by atoms with van der Waals surface area (Å²) in [6.07, 6.45) is 8.04. The van der Waals surface area contributed by atoms with Crippen LogP contribution in [0, 0.1) is 11.3 Å². The number of nitrogens with zero attached hydrogens (tertiary/aromatic N) is 3. The Hall–Kier alpha value is -1.12. The van der Waals surface area contributed by atoms with Crippen molar-refractivity contribution in [3.63, 3.8) is 0 Å². The van der Waals surface area contributed by atoms with Crippen LogP contribution in [0.25, 0.3) is 0 Å². The molecule has 0 aromatic carbocycles. The van der Waals surface area contributed by atoms with E-state index in [0.29, 0.717) is 5.25 Å². The Morgan fingerprint density at radius 1 is 1.65 bits per heavy atom. The zero-order valence-electron chi connectivity index (χ0n) is 9.89. The minimum absolute atomic E-state index is 0.325. The molecule has 1 saturated carbocycles. The van der Waals surface area contributed by atoms with E-state index in [0.717, 1.165) is 30.8 Å². The van der Waals surface area contributed by atoms with Gasteiger partial charge in [-0.05, 0) is 25.8 Å². The van der Waals surface area contributed by atoms with Crippen LogP contribution in [0.15, 0.2) is 23.6 Å². The van der Waals surface area contributed by atoms with Crippen LogP contribution in [0.3, 0.4) is 0 Å². The number of aromatic nitrogens is 2. The maximum Gasteiger partial charge on any atom is 0.115 e. The molecule has 1 aliphatic carbocycles. The van der Waals surface area contributed by atoms with E-state index >= 15 is 0 Å². The van der Waals surface area contributed by atoms with Gasteiger partial charge >= 0.3 is 0 Å². The van der Waals surface area contributed by atoms with E-state index in [1.807, 2.05) is 6.92 Å².